The highest BCUT2D eigenvalue weighted by molar-refractivity contribution is 7.99. The third kappa shape index (κ3) is 4.96. The van der Waals surface area contributed by atoms with Crippen LogP contribution in [0.1, 0.15) is 38.7 Å². The number of thioether (sulfide) groups is 1. The van der Waals surface area contributed by atoms with E-state index >= 15 is 0 Å². The fraction of sp³-hybridized carbons (Fsp3) is 0.611. The molecule has 2 unspecified atom stereocenters. The van der Waals surface area contributed by atoms with Crippen LogP contribution < -0.4 is 5.32 Å². The van der Waals surface area contributed by atoms with Crippen LogP contribution in [0.5, 0.6) is 0 Å². The van der Waals surface area contributed by atoms with E-state index in [1.165, 1.54) is 23.3 Å². The molecule has 1 aromatic carbocycles. The highest BCUT2D eigenvalue weighted by atomic mass is 32.2. The summed E-state index contributed by atoms with van der Waals surface area (Å²) in [4.78, 5) is 12.5. The molecule has 0 amide bonds. The Morgan fingerprint density at radius 2 is 2.13 bits per heavy atom. The van der Waals surface area contributed by atoms with Crippen molar-refractivity contribution in [1.29, 1.82) is 0 Å². The smallest absolute Gasteiger partial charge is 0.323 e. The van der Waals surface area contributed by atoms with E-state index in [2.05, 4.69) is 43.4 Å². The van der Waals surface area contributed by atoms with Gasteiger partial charge in [-0.15, -0.1) is 0 Å². The molecule has 2 N–H and O–H groups in total. The first-order valence-electron chi connectivity index (χ1n) is 8.36. The van der Waals surface area contributed by atoms with Gasteiger partial charge in [-0.25, -0.2) is 0 Å². The van der Waals surface area contributed by atoms with Crippen LogP contribution in [0.25, 0.3) is 0 Å². The van der Waals surface area contributed by atoms with Gasteiger partial charge in [-0.3, -0.25) is 4.79 Å². The molecule has 128 valence electrons. The predicted molar refractivity (Wildman–Crippen MR) is 93.8 cm³/mol. The van der Waals surface area contributed by atoms with Crippen LogP contribution in [0.3, 0.4) is 0 Å². The Balaban J connectivity index is 1.92. The van der Waals surface area contributed by atoms with E-state index in [0.29, 0.717) is 0 Å². The maximum Gasteiger partial charge on any atom is 0.323 e. The van der Waals surface area contributed by atoms with Crippen molar-refractivity contribution in [2.45, 2.75) is 62.0 Å². The van der Waals surface area contributed by atoms with E-state index in [9.17, 15) is 9.90 Å². The molecule has 1 heterocycles. The fourth-order valence-electron chi connectivity index (χ4n) is 2.98. The van der Waals surface area contributed by atoms with Crippen molar-refractivity contribution < 1.29 is 14.6 Å². The van der Waals surface area contributed by atoms with Crippen molar-refractivity contribution in [3.63, 3.8) is 0 Å². The molecule has 0 spiro atoms. The normalized spacial score (nSPS) is 25.4. The largest absolute Gasteiger partial charge is 0.480 e. The number of ether oxygens (including phenoxy) is 1. The summed E-state index contributed by atoms with van der Waals surface area (Å²) in [5, 5.41) is 12.1. The summed E-state index contributed by atoms with van der Waals surface area (Å²) in [7, 11) is 1.67. The number of unbranched alkanes of at least 4 members (excludes halogenated alkanes) is 1. The van der Waals surface area contributed by atoms with Gasteiger partial charge in [0.25, 0.3) is 0 Å². The summed E-state index contributed by atoms with van der Waals surface area (Å²) in [6.07, 6.45) is 4.15. The average molecular weight is 337 g/mol. The Morgan fingerprint density at radius 1 is 1.43 bits per heavy atom. The quantitative estimate of drug-likeness (QED) is 0.760. The van der Waals surface area contributed by atoms with Crippen molar-refractivity contribution in [2.24, 2.45) is 5.92 Å². The lowest BCUT2D eigenvalue weighted by atomic mass is 9.98. The van der Waals surface area contributed by atoms with Gasteiger partial charge in [0.05, 0.1) is 6.10 Å². The number of likely N-dealkylation sites (N-methyl/N-ethyl adjacent to an activating group) is 1. The van der Waals surface area contributed by atoms with Crippen LogP contribution in [0, 0.1) is 5.92 Å². The van der Waals surface area contributed by atoms with Gasteiger partial charge in [-0.1, -0.05) is 44.2 Å². The standard InChI is InChI=1S/C18H27NO3S/c1-4-5-6-13-7-9-14(10-8-13)23-15-11-12(2)17(22-15)16(19-3)18(20)21/h7-10,12,15-17,19H,4-6,11H2,1-3H3,(H,20,21)/t12-,15?,16?,17-/m1/s1. The number of hydrogen-bond acceptors (Lipinski definition) is 4. The van der Waals surface area contributed by atoms with Gasteiger partial charge in [0.15, 0.2) is 0 Å². The number of carbonyl (C=O) groups is 1. The second-order valence-corrected chi connectivity index (χ2v) is 7.45. The molecule has 1 fully saturated rings. The van der Waals surface area contributed by atoms with E-state index in [0.717, 1.165) is 12.8 Å². The number of rotatable bonds is 8. The lowest BCUT2D eigenvalue weighted by Crippen LogP contribution is -2.46. The van der Waals surface area contributed by atoms with Gasteiger partial charge in [0.2, 0.25) is 0 Å². The van der Waals surface area contributed by atoms with Crippen LogP contribution in [-0.2, 0) is 16.0 Å². The average Bonchev–Trinajstić information content (AvgIpc) is 2.87. The second-order valence-electron chi connectivity index (χ2n) is 6.21. The van der Waals surface area contributed by atoms with Crippen LogP contribution in [0.2, 0.25) is 0 Å². The first-order chi connectivity index (χ1) is 11.0. The second kappa shape index (κ2) is 8.71. The van der Waals surface area contributed by atoms with Crippen molar-refractivity contribution in [1.82, 2.24) is 5.32 Å². The molecule has 4 nitrogen and oxygen atoms in total. The van der Waals surface area contributed by atoms with Crippen molar-refractivity contribution >= 4 is 17.7 Å². The van der Waals surface area contributed by atoms with Crippen LogP contribution in [-0.4, -0.2) is 35.7 Å². The molecule has 1 saturated heterocycles. The molecule has 5 heteroatoms. The summed E-state index contributed by atoms with van der Waals surface area (Å²) in [5.41, 5.74) is 1.39. The molecule has 0 aromatic heterocycles. The van der Waals surface area contributed by atoms with Gasteiger partial charge in [-0.2, -0.15) is 0 Å². The third-order valence-corrected chi connectivity index (χ3v) is 5.46. The van der Waals surface area contributed by atoms with E-state index < -0.39 is 12.0 Å². The highest BCUT2D eigenvalue weighted by Crippen LogP contribution is 2.38. The zero-order valence-electron chi connectivity index (χ0n) is 14.1. The maximum atomic E-state index is 11.3. The van der Waals surface area contributed by atoms with Gasteiger partial charge in [0, 0.05) is 4.90 Å². The van der Waals surface area contributed by atoms with Gasteiger partial charge in [0.1, 0.15) is 11.5 Å². The predicted octanol–water partition coefficient (Wildman–Crippen LogP) is 3.55. The molecule has 4 atom stereocenters. The van der Waals surface area contributed by atoms with Crippen LogP contribution in [0.4, 0.5) is 0 Å². The molecule has 0 saturated carbocycles. The summed E-state index contributed by atoms with van der Waals surface area (Å²) >= 11 is 1.69. The van der Waals surface area contributed by atoms with Crippen molar-refractivity contribution in [3.05, 3.63) is 29.8 Å². The summed E-state index contributed by atoms with van der Waals surface area (Å²) < 4.78 is 6.01. The highest BCUT2D eigenvalue weighted by Gasteiger charge is 2.40. The maximum absolute atomic E-state index is 11.3. The molecule has 23 heavy (non-hydrogen) atoms. The van der Waals surface area contributed by atoms with Gasteiger partial charge < -0.3 is 15.2 Å². The fourth-order valence-corrected chi connectivity index (χ4v) is 4.16. The Morgan fingerprint density at radius 3 is 2.70 bits per heavy atom. The van der Waals surface area contributed by atoms with E-state index in [4.69, 9.17) is 4.74 Å². The zero-order valence-corrected chi connectivity index (χ0v) is 14.9. The van der Waals surface area contributed by atoms with Crippen molar-refractivity contribution in [2.75, 3.05) is 7.05 Å². The lowest BCUT2D eigenvalue weighted by molar-refractivity contribution is -0.143. The number of aryl methyl sites for hydroxylation is 1. The van der Waals surface area contributed by atoms with E-state index in [1.54, 1.807) is 18.8 Å². The number of nitrogens with one attached hydrogen (secondary N) is 1. The van der Waals surface area contributed by atoms with Gasteiger partial charge in [-0.05, 0) is 49.9 Å². The molecule has 0 bridgehead atoms. The Kier molecular flexibility index (Phi) is 6.93. The van der Waals surface area contributed by atoms with Crippen LogP contribution >= 0.6 is 11.8 Å². The number of carboxylic acid groups (broad SMARTS) is 1. The molecule has 1 aromatic rings. The molecule has 1 aliphatic rings. The minimum atomic E-state index is -0.852. The molecule has 1 aliphatic heterocycles. The minimum absolute atomic E-state index is 0.0201. The first-order valence-corrected chi connectivity index (χ1v) is 9.24. The number of carboxylic acids is 1. The molecule has 2 rings (SSSR count). The number of benzene rings is 1. The molecule has 0 aliphatic carbocycles. The van der Waals surface area contributed by atoms with E-state index in [1.807, 2.05) is 0 Å². The monoisotopic (exact) mass is 337 g/mol. The Labute approximate surface area is 143 Å². The summed E-state index contributed by atoms with van der Waals surface area (Å²) in [6, 6.07) is 8.00. The number of aliphatic carboxylic acids is 1. The summed E-state index contributed by atoms with van der Waals surface area (Å²) in [6.45, 7) is 4.27. The zero-order chi connectivity index (χ0) is 16.8. The number of hydrogen-bond donors (Lipinski definition) is 2. The SMILES string of the molecule is CCCCc1ccc(SC2C[C@@H](C)[C@H](C(NC)C(=O)O)O2)cc1. The first kappa shape index (κ1) is 18.3. The molecular formula is C18H27NO3S. The van der Waals surface area contributed by atoms with Crippen LogP contribution in [0.15, 0.2) is 29.2 Å². The van der Waals surface area contributed by atoms with Crippen molar-refractivity contribution in [3.8, 4) is 0 Å². The van der Waals surface area contributed by atoms with E-state index in [-0.39, 0.29) is 17.5 Å². The Hall–Kier alpha value is -1.04. The van der Waals surface area contributed by atoms with Gasteiger partial charge >= 0.3 is 5.97 Å². The Bertz CT molecular complexity index is 505. The third-order valence-electron chi connectivity index (χ3n) is 4.35. The molecular weight excluding hydrogens is 310 g/mol. The minimum Gasteiger partial charge on any atom is -0.480 e. The summed E-state index contributed by atoms with van der Waals surface area (Å²) in [5.74, 6) is -0.625. The lowest BCUT2D eigenvalue weighted by Gasteiger charge is -2.22. The molecule has 0 radical (unpaired) electrons. The topological polar surface area (TPSA) is 58.6 Å².